The molecule has 0 rings (SSSR count). The fraction of sp³-hybridized carbons (Fsp3) is 0.800. The van der Waals surface area contributed by atoms with E-state index in [1.165, 1.54) is 0 Å². The molecule has 22 heavy (non-hydrogen) atoms. The van der Waals surface area contributed by atoms with Gasteiger partial charge in [-0.05, 0) is 0 Å². The SMILES string of the molecule is O=C(COP(=O)(O)O)[C@@H](OP(=O)(O)O)[C@@H](CO)OP(=O)(O)O. The van der Waals surface area contributed by atoms with Gasteiger partial charge in [0.1, 0.15) is 12.7 Å². The normalized spacial score (nSPS) is 16.3. The summed E-state index contributed by atoms with van der Waals surface area (Å²) < 4.78 is 43.4. The molecule has 0 aromatic heterocycles. The topological polar surface area (TPSA) is 238 Å². The molecule has 17 heteroatoms. The second kappa shape index (κ2) is 8.18. The van der Waals surface area contributed by atoms with Gasteiger partial charge in [0.2, 0.25) is 0 Å². The Morgan fingerprint density at radius 1 is 0.864 bits per heavy atom. The second-order valence-corrected chi connectivity index (χ2v) is 7.19. The lowest BCUT2D eigenvalue weighted by atomic mass is 10.1. The van der Waals surface area contributed by atoms with E-state index < -0.39 is 54.7 Å². The Labute approximate surface area is 122 Å². The molecule has 0 bridgehead atoms. The summed E-state index contributed by atoms with van der Waals surface area (Å²) in [6, 6.07) is 0. The van der Waals surface area contributed by atoms with Crippen molar-refractivity contribution in [3.63, 3.8) is 0 Å². The van der Waals surface area contributed by atoms with E-state index in [1.54, 1.807) is 0 Å². The van der Waals surface area contributed by atoms with Crippen molar-refractivity contribution in [1.82, 2.24) is 0 Å². The number of ketones is 1. The Morgan fingerprint density at radius 3 is 1.64 bits per heavy atom. The van der Waals surface area contributed by atoms with Gasteiger partial charge in [-0.3, -0.25) is 18.4 Å². The predicted molar refractivity (Wildman–Crippen MR) is 63.9 cm³/mol. The molecule has 132 valence electrons. The van der Waals surface area contributed by atoms with Crippen LogP contribution in [-0.2, 0) is 32.1 Å². The third kappa shape index (κ3) is 10.6. The Bertz CT molecular complexity index is 511. The molecule has 0 unspecified atom stereocenters. The summed E-state index contributed by atoms with van der Waals surface area (Å²) >= 11 is 0. The number of rotatable bonds is 10. The number of carbonyl (C=O) groups excluding carboxylic acids is 1. The van der Waals surface area contributed by atoms with Gasteiger partial charge in [0, 0.05) is 0 Å². The zero-order valence-electron chi connectivity index (χ0n) is 10.4. The molecule has 0 saturated carbocycles. The molecule has 0 radical (unpaired) electrons. The number of carbonyl (C=O) groups is 1. The molecule has 2 atom stereocenters. The molecular formula is C5H13O14P3. The van der Waals surface area contributed by atoms with Crippen LogP contribution in [0.4, 0.5) is 0 Å². The van der Waals surface area contributed by atoms with E-state index in [1.807, 2.05) is 0 Å². The zero-order valence-corrected chi connectivity index (χ0v) is 13.1. The highest BCUT2D eigenvalue weighted by atomic mass is 31.2. The molecule has 0 amide bonds. The molecule has 0 aliphatic rings. The van der Waals surface area contributed by atoms with Crippen LogP contribution in [0.15, 0.2) is 0 Å². The summed E-state index contributed by atoms with van der Waals surface area (Å²) in [4.78, 5) is 62.7. The average Bonchev–Trinajstić information content (AvgIpc) is 2.27. The molecule has 0 aliphatic heterocycles. The first-order valence-corrected chi connectivity index (χ1v) is 9.55. The van der Waals surface area contributed by atoms with Crippen LogP contribution in [0.25, 0.3) is 0 Å². The van der Waals surface area contributed by atoms with Crippen LogP contribution in [0, 0.1) is 0 Å². The minimum absolute atomic E-state index is 1.32. The zero-order chi connectivity index (χ0) is 17.8. The number of hydrogen-bond donors (Lipinski definition) is 7. The monoisotopic (exact) mass is 390 g/mol. The number of phosphoric acid groups is 3. The van der Waals surface area contributed by atoms with E-state index >= 15 is 0 Å². The first-order chi connectivity index (χ1) is 9.64. The lowest BCUT2D eigenvalue weighted by molar-refractivity contribution is -0.135. The summed E-state index contributed by atoms with van der Waals surface area (Å²) in [5, 5.41) is 8.89. The summed E-state index contributed by atoms with van der Waals surface area (Å²) in [6.45, 7) is -2.76. The molecule has 0 aliphatic carbocycles. The van der Waals surface area contributed by atoms with Crippen molar-refractivity contribution in [2.75, 3.05) is 13.2 Å². The highest BCUT2D eigenvalue weighted by Crippen LogP contribution is 2.43. The van der Waals surface area contributed by atoms with Crippen molar-refractivity contribution < 1.29 is 66.5 Å². The molecule has 0 spiro atoms. The largest absolute Gasteiger partial charge is 0.470 e. The minimum Gasteiger partial charge on any atom is -0.394 e. The molecule has 0 heterocycles. The Kier molecular flexibility index (Phi) is 8.16. The van der Waals surface area contributed by atoms with E-state index in [-0.39, 0.29) is 0 Å². The highest BCUT2D eigenvalue weighted by Gasteiger charge is 2.39. The van der Waals surface area contributed by atoms with Gasteiger partial charge in [-0.2, -0.15) is 0 Å². The first kappa shape index (κ1) is 22.0. The van der Waals surface area contributed by atoms with Crippen LogP contribution < -0.4 is 0 Å². The van der Waals surface area contributed by atoms with Crippen molar-refractivity contribution in [3.8, 4) is 0 Å². The van der Waals surface area contributed by atoms with Crippen LogP contribution >= 0.6 is 23.5 Å². The number of phosphoric ester groups is 3. The maximum Gasteiger partial charge on any atom is 0.470 e. The van der Waals surface area contributed by atoms with E-state index in [0.717, 1.165) is 0 Å². The Balaban J connectivity index is 5.25. The Hall–Kier alpha value is -0.0400. The molecule has 0 saturated heterocycles. The van der Waals surface area contributed by atoms with E-state index in [0.29, 0.717) is 0 Å². The molecule has 14 nitrogen and oxygen atoms in total. The summed E-state index contributed by atoms with van der Waals surface area (Å²) in [7, 11) is -15.8. The second-order valence-electron chi connectivity index (χ2n) is 3.56. The van der Waals surface area contributed by atoms with E-state index in [2.05, 4.69) is 13.6 Å². The van der Waals surface area contributed by atoms with Crippen molar-refractivity contribution in [3.05, 3.63) is 0 Å². The third-order valence-electron chi connectivity index (χ3n) is 1.73. The van der Waals surface area contributed by atoms with Gasteiger partial charge in [-0.15, -0.1) is 0 Å². The quantitative estimate of drug-likeness (QED) is 0.193. The average molecular weight is 390 g/mol. The number of aliphatic hydroxyl groups is 1. The van der Waals surface area contributed by atoms with E-state index in [9.17, 15) is 18.5 Å². The third-order valence-corrected chi connectivity index (χ3v) is 3.25. The van der Waals surface area contributed by atoms with Crippen LogP contribution in [0.5, 0.6) is 0 Å². The first-order valence-electron chi connectivity index (χ1n) is 4.96. The van der Waals surface area contributed by atoms with Crippen molar-refractivity contribution >= 4 is 29.3 Å². The lowest BCUT2D eigenvalue weighted by Gasteiger charge is -2.24. The number of hydrogen-bond acceptors (Lipinski definition) is 8. The fourth-order valence-electron chi connectivity index (χ4n) is 1.07. The van der Waals surface area contributed by atoms with Gasteiger partial charge in [0.15, 0.2) is 11.9 Å². The van der Waals surface area contributed by atoms with Gasteiger partial charge in [0.25, 0.3) is 0 Å². The predicted octanol–water partition coefficient (Wildman–Crippen LogP) is -2.39. The minimum atomic E-state index is -5.39. The van der Waals surface area contributed by atoms with Crippen LogP contribution in [0.2, 0.25) is 0 Å². The molecule has 0 aromatic rings. The summed E-state index contributed by atoms with van der Waals surface area (Å²) in [5.74, 6) is -1.56. The Morgan fingerprint density at radius 2 is 1.32 bits per heavy atom. The number of Topliss-reactive ketones (excluding diaryl/α,β-unsaturated/α-hetero) is 1. The van der Waals surface area contributed by atoms with Crippen LogP contribution in [0.1, 0.15) is 0 Å². The lowest BCUT2D eigenvalue weighted by Crippen LogP contribution is -2.41. The van der Waals surface area contributed by atoms with Crippen molar-refractivity contribution in [1.29, 1.82) is 0 Å². The smallest absolute Gasteiger partial charge is 0.394 e. The van der Waals surface area contributed by atoms with Gasteiger partial charge in [-0.25, -0.2) is 13.7 Å². The van der Waals surface area contributed by atoms with Gasteiger partial charge >= 0.3 is 23.5 Å². The van der Waals surface area contributed by atoms with Gasteiger partial charge < -0.3 is 34.5 Å². The van der Waals surface area contributed by atoms with E-state index in [4.69, 9.17) is 34.5 Å². The summed E-state index contributed by atoms with van der Waals surface area (Å²) in [5.41, 5.74) is 0. The fourth-order valence-corrected chi connectivity index (χ4v) is 2.45. The maximum absolute atomic E-state index is 11.6. The van der Waals surface area contributed by atoms with Crippen molar-refractivity contribution in [2.45, 2.75) is 12.2 Å². The maximum atomic E-state index is 11.6. The van der Waals surface area contributed by atoms with Crippen LogP contribution in [-0.4, -0.2) is 65.7 Å². The molecular weight excluding hydrogens is 377 g/mol. The highest BCUT2D eigenvalue weighted by molar-refractivity contribution is 7.47. The summed E-state index contributed by atoms with van der Waals surface area (Å²) in [6.07, 6.45) is -4.70. The standard InChI is InChI=1S/C5H13O14P3/c6-1-4(18-21(11,12)13)5(19-22(14,15)16)3(7)2-17-20(8,9)10/h4-6H,1-2H2,(H2,8,9,10)(H2,11,12,13)(H2,14,15,16)/t4-,5-/m1/s1. The van der Waals surface area contributed by atoms with Crippen LogP contribution in [0.3, 0.4) is 0 Å². The van der Waals surface area contributed by atoms with Gasteiger partial charge in [0.05, 0.1) is 6.61 Å². The molecule has 0 aromatic carbocycles. The number of aliphatic hydroxyl groups excluding tert-OH is 1. The van der Waals surface area contributed by atoms with Gasteiger partial charge in [-0.1, -0.05) is 0 Å². The molecule has 7 N–H and O–H groups in total. The molecule has 0 fully saturated rings. The van der Waals surface area contributed by atoms with Crippen molar-refractivity contribution in [2.24, 2.45) is 0 Å².